The van der Waals surface area contributed by atoms with Gasteiger partial charge in [-0.3, -0.25) is 10.1 Å². The van der Waals surface area contributed by atoms with Gasteiger partial charge < -0.3 is 23.8 Å². The van der Waals surface area contributed by atoms with Crippen molar-refractivity contribution in [2.45, 2.75) is 6.92 Å². The average Bonchev–Trinajstić information content (AvgIpc) is 3.25. The van der Waals surface area contributed by atoms with E-state index < -0.39 is 17.2 Å². The maximum atomic E-state index is 11.2. The number of rotatable bonds is 10. The minimum atomic E-state index is -0.816. The molecule has 1 heterocycles. The lowest BCUT2D eigenvalue weighted by molar-refractivity contribution is -0.380. The van der Waals surface area contributed by atoms with Crippen molar-refractivity contribution in [3.05, 3.63) is 45.5 Å². The molecule has 0 saturated carbocycles. The van der Waals surface area contributed by atoms with E-state index in [1.165, 1.54) is 14.2 Å². The SMILES string of the molecule is COC(=O)OCCN(CCOC(=O)OC)c1ccc(N=Nc2sc([N+](=O)[O-])cc2C#N)c(C)c1. The monoisotopic (exact) mass is 491 g/mol. The van der Waals surface area contributed by atoms with Crippen molar-refractivity contribution in [1.82, 2.24) is 0 Å². The largest absolute Gasteiger partial charge is 0.508 e. The molecule has 13 nitrogen and oxygen atoms in total. The topological polar surface area (TPSA) is 166 Å². The highest BCUT2D eigenvalue weighted by atomic mass is 32.1. The normalized spacial score (nSPS) is 10.4. The van der Waals surface area contributed by atoms with Crippen LogP contribution in [0.1, 0.15) is 11.1 Å². The van der Waals surface area contributed by atoms with Crippen LogP contribution in [0.25, 0.3) is 0 Å². The summed E-state index contributed by atoms with van der Waals surface area (Å²) in [4.78, 5) is 34.6. The summed E-state index contributed by atoms with van der Waals surface area (Å²) in [7, 11) is 2.41. The highest BCUT2D eigenvalue weighted by molar-refractivity contribution is 7.19. The number of azo groups is 1. The van der Waals surface area contributed by atoms with Crippen molar-refractivity contribution >= 4 is 45.0 Å². The van der Waals surface area contributed by atoms with E-state index in [0.717, 1.165) is 28.7 Å². The molecule has 2 rings (SSSR count). The van der Waals surface area contributed by atoms with Gasteiger partial charge in [0.15, 0.2) is 5.00 Å². The Kier molecular flexibility index (Phi) is 9.72. The number of thiophene rings is 1. The zero-order valence-electron chi connectivity index (χ0n) is 18.5. The van der Waals surface area contributed by atoms with E-state index in [-0.39, 0.29) is 41.9 Å². The molecule has 0 fully saturated rings. The van der Waals surface area contributed by atoms with Crippen LogP contribution in [0.5, 0.6) is 0 Å². The predicted molar refractivity (Wildman–Crippen MR) is 120 cm³/mol. The maximum Gasteiger partial charge on any atom is 0.508 e. The Balaban J connectivity index is 2.18. The van der Waals surface area contributed by atoms with E-state index in [4.69, 9.17) is 14.7 Å². The quantitative estimate of drug-likeness (QED) is 0.198. The van der Waals surface area contributed by atoms with Gasteiger partial charge in [0.05, 0.1) is 43.5 Å². The molecule has 1 aromatic heterocycles. The minimum Gasteiger partial charge on any atom is -0.438 e. The van der Waals surface area contributed by atoms with Crippen LogP contribution in [-0.4, -0.2) is 57.8 Å². The van der Waals surface area contributed by atoms with Crippen molar-refractivity contribution < 1.29 is 33.5 Å². The van der Waals surface area contributed by atoms with Crippen molar-refractivity contribution in [3.8, 4) is 6.07 Å². The van der Waals surface area contributed by atoms with Crippen LogP contribution >= 0.6 is 11.3 Å². The van der Waals surface area contributed by atoms with Crippen LogP contribution in [0, 0.1) is 28.4 Å². The second-order valence-electron chi connectivity index (χ2n) is 6.44. The summed E-state index contributed by atoms with van der Waals surface area (Å²) in [6.07, 6.45) is -1.63. The summed E-state index contributed by atoms with van der Waals surface area (Å²) >= 11 is 0.758. The average molecular weight is 491 g/mol. The molecule has 180 valence electrons. The molecule has 0 unspecified atom stereocenters. The van der Waals surface area contributed by atoms with E-state index in [0.29, 0.717) is 5.69 Å². The molecular weight excluding hydrogens is 470 g/mol. The van der Waals surface area contributed by atoms with Gasteiger partial charge in [0.1, 0.15) is 19.3 Å². The molecule has 0 aliphatic carbocycles. The van der Waals surface area contributed by atoms with Gasteiger partial charge in [0.2, 0.25) is 0 Å². The van der Waals surface area contributed by atoms with Crippen LogP contribution in [0.3, 0.4) is 0 Å². The summed E-state index contributed by atoms with van der Waals surface area (Å²) in [5.74, 6) is 0. The lowest BCUT2D eigenvalue weighted by Gasteiger charge is -2.25. The predicted octanol–water partition coefficient (Wildman–Crippen LogP) is 4.62. The van der Waals surface area contributed by atoms with Crippen LogP contribution in [-0.2, 0) is 18.9 Å². The fraction of sp³-hybridized carbons (Fsp3) is 0.350. The zero-order chi connectivity index (χ0) is 25.1. The van der Waals surface area contributed by atoms with Gasteiger partial charge in [0, 0.05) is 11.8 Å². The zero-order valence-corrected chi connectivity index (χ0v) is 19.4. The molecule has 34 heavy (non-hydrogen) atoms. The number of nitrogens with zero attached hydrogens (tertiary/aromatic N) is 5. The number of aryl methyl sites for hydroxylation is 1. The third-order valence-electron chi connectivity index (χ3n) is 4.29. The second kappa shape index (κ2) is 12.7. The van der Waals surface area contributed by atoms with Crippen LogP contribution < -0.4 is 4.90 Å². The Hall–Kier alpha value is -4.25. The Morgan fingerprint density at radius 1 is 1.12 bits per heavy atom. The molecule has 0 atom stereocenters. The second-order valence-corrected chi connectivity index (χ2v) is 7.44. The molecule has 0 amide bonds. The number of benzene rings is 1. The van der Waals surface area contributed by atoms with Crippen LogP contribution in [0.4, 0.5) is 31.0 Å². The summed E-state index contributed by atoms with van der Waals surface area (Å²) in [6, 6.07) is 8.23. The highest BCUT2D eigenvalue weighted by Crippen LogP contribution is 2.37. The Bertz CT molecular complexity index is 1090. The Labute approximate surface area is 198 Å². The molecule has 0 N–H and O–H groups in total. The lowest BCUT2D eigenvalue weighted by Crippen LogP contribution is -2.32. The van der Waals surface area contributed by atoms with Gasteiger partial charge in [-0.25, -0.2) is 9.59 Å². The van der Waals surface area contributed by atoms with Gasteiger partial charge in [-0.2, -0.15) is 5.26 Å². The molecule has 0 radical (unpaired) electrons. The van der Waals surface area contributed by atoms with Gasteiger partial charge >= 0.3 is 17.3 Å². The first-order valence-corrected chi connectivity index (χ1v) is 10.5. The number of carbonyl (C=O) groups excluding carboxylic acids is 2. The number of hydrogen-bond donors (Lipinski definition) is 0. The number of nitriles is 1. The number of methoxy groups -OCH3 is 2. The number of nitro groups is 1. The first-order valence-electron chi connectivity index (χ1n) is 9.66. The first kappa shape index (κ1) is 26.0. The fourth-order valence-corrected chi connectivity index (χ4v) is 3.37. The standard InChI is InChI=1S/C20H21N5O8S/c1-13-10-15(24(6-8-32-19(26)30-2)7-9-33-20(27)31-3)4-5-16(13)22-23-18-14(12-21)11-17(34-18)25(28)29/h4-5,10-11H,6-9H2,1-3H3. The smallest absolute Gasteiger partial charge is 0.438 e. The fourth-order valence-electron chi connectivity index (χ4n) is 2.63. The lowest BCUT2D eigenvalue weighted by atomic mass is 10.1. The van der Waals surface area contributed by atoms with Crippen molar-refractivity contribution in [2.75, 3.05) is 45.4 Å². The molecule has 2 aromatic rings. The van der Waals surface area contributed by atoms with E-state index >= 15 is 0 Å². The van der Waals surface area contributed by atoms with Gasteiger partial charge in [0.25, 0.3) is 0 Å². The number of anilines is 1. The van der Waals surface area contributed by atoms with E-state index in [1.54, 1.807) is 25.1 Å². The minimum absolute atomic E-state index is 0.0273. The third-order valence-corrected chi connectivity index (χ3v) is 5.26. The van der Waals surface area contributed by atoms with Crippen LogP contribution in [0.15, 0.2) is 34.5 Å². The molecule has 14 heteroatoms. The third kappa shape index (κ3) is 7.41. The van der Waals surface area contributed by atoms with Crippen molar-refractivity contribution in [2.24, 2.45) is 10.2 Å². The first-order chi connectivity index (χ1) is 16.3. The summed E-state index contributed by atoms with van der Waals surface area (Å²) in [5, 5.41) is 28.2. The molecule has 1 aromatic carbocycles. The summed E-state index contributed by atoms with van der Waals surface area (Å²) in [6.45, 7) is 2.40. The van der Waals surface area contributed by atoms with E-state index in [2.05, 4.69) is 19.7 Å². The molecule has 0 aliphatic heterocycles. The van der Waals surface area contributed by atoms with Crippen molar-refractivity contribution in [3.63, 3.8) is 0 Å². The van der Waals surface area contributed by atoms with Crippen LogP contribution in [0.2, 0.25) is 0 Å². The maximum absolute atomic E-state index is 11.2. The van der Waals surface area contributed by atoms with E-state index in [1.807, 2.05) is 11.0 Å². The highest BCUT2D eigenvalue weighted by Gasteiger charge is 2.17. The number of ether oxygens (including phenoxy) is 4. The number of carbonyl (C=O) groups is 2. The van der Waals surface area contributed by atoms with Crippen molar-refractivity contribution in [1.29, 1.82) is 5.26 Å². The van der Waals surface area contributed by atoms with Gasteiger partial charge in [-0.15, -0.1) is 10.2 Å². The summed E-state index contributed by atoms with van der Waals surface area (Å²) < 4.78 is 18.8. The van der Waals surface area contributed by atoms with Gasteiger partial charge in [-0.05, 0) is 42.0 Å². The van der Waals surface area contributed by atoms with E-state index in [9.17, 15) is 19.7 Å². The summed E-state index contributed by atoms with van der Waals surface area (Å²) in [5.41, 5.74) is 2.00. The molecule has 0 aliphatic rings. The Morgan fingerprint density at radius 3 is 2.24 bits per heavy atom. The molecular formula is C20H21N5O8S. The molecule has 0 spiro atoms. The van der Waals surface area contributed by atoms with Gasteiger partial charge in [-0.1, -0.05) is 0 Å². The molecule has 0 bridgehead atoms. The number of hydrogen-bond acceptors (Lipinski definition) is 13. The molecule has 0 saturated heterocycles. The Morgan fingerprint density at radius 2 is 1.74 bits per heavy atom.